The molecule has 9 heteroatoms. The van der Waals surface area contributed by atoms with Gasteiger partial charge < -0.3 is 18.8 Å². The molecule has 2 aromatic rings. The van der Waals surface area contributed by atoms with E-state index in [-0.39, 0.29) is 23.5 Å². The Balaban J connectivity index is 1.41. The van der Waals surface area contributed by atoms with Crippen LogP contribution in [0.4, 0.5) is 0 Å². The number of hydrogen-bond acceptors (Lipinski definition) is 6. The van der Waals surface area contributed by atoms with Gasteiger partial charge >= 0.3 is 0 Å². The third-order valence-corrected chi connectivity index (χ3v) is 6.87. The van der Waals surface area contributed by atoms with Crippen molar-refractivity contribution in [3.63, 3.8) is 0 Å². The van der Waals surface area contributed by atoms with Crippen LogP contribution in [0.25, 0.3) is 0 Å². The molecule has 2 aliphatic rings. The molecule has 8 nitrogen and oxygen atoms in total. The molecule has 1 aromatic carbocycles. The van der Waals surface area contributed by atoms with Gasteiger partial charge in [0.05, 0.1) is 6.54 Å². The van der Waals surface area contributed by atoms with Crippen molar-refractivity contribution in [3.8, 4) is 11.5 Å². The molecule has 1 aromatic heterocycles. The minimum absolute atomic E-state index is 0.0137. The molecule has 0 aliphatic carbocycles. The van der Waals surface area contributed by atoms with Crippen LogP contribution in [0, 0.1) is 0 Å². The highest BCUT2D eigenvalue weighted by Gasteiger charge is 2.31. The largest absolute Gasteiger partial charge is 0.486 e. The summed E-state index contributed by atoms with van der Waals surface area (Å²) in [5.74, 6) is 0.890. The van der Waals surface area contributed by atoms with E-state index in [2.05, 4.69) is 0 Å². The number of fused-ring (bicyclic) bond motifs is 1. The molecular formula is C20H24N2O6S. The number of sulfonamides is 1. The molecule has 29 heavy (non-hydrogen) atoms. The Morgan fingerprint density at radius 1 is 1.10 bits per heavy atom. The van der Waals surface area contributed by atoms with Crippen molar-refractivity contribution in [1.29, 1.82) is 0 Å². The van der Waals surface area contributed by atoms with Crippen LogP contribution in [0.1, 0.15) is 29.8 Å². The maximum Gasteiger partial charge on any atom is 0.289 e. The highest BCUT2D eigenvalue weighted by atomic mass is 32.2. The zero-order chi connectivity index (χ0) is 20.4. The average Bonchev–Trinajstić information content (AvgIpc) is 3.25. The van der Waals surface area contributed by atoms with E-state index < -0.39 is 15.9 Å². The van der Waals surface area contributed by atoms with Crippen LogP contribution < -0.4 is 9.47 Å². The summed E-state index contributed by atoms with van der Waals surface area (Å²) >= 11 is 0. The van der Waals surface area contributed by atoms with Gasteiger partial charge in [0.2, 0.25) is 5.09 Å². The van der Waals surface area contributed by atoms with Crippen molar-refractivity contribution >= 4 is 15.9 Å². The average molecular weight is 420 g/mol. The molecular weight excluding hydrogens is 396 g/mol. The van der Waals surface area contributed by atoms with Crippen LogP contribution in [-0.2, 0) is 10.0 Å². The second-order valence-electron chi connectivity index (χ2n) is 7.27. The molecule has 1 fully saturated rings. The topological polar surface area (TPSA) is 89.3 Å². The van der Waals surface area contributed by atoms with Gasteiger partial charge in [-0.2, -0.15) is 4.31 Å². The van der Waals surface area contributed by atoms with Gasteiger partial charge in [0.25, 0.3) is 15.9 Å². The van der Waals surface area contributed by atoms with Crippen LogP contribution >= 0.6 is 0 Å². The first-order chi connectivity index (χ1) is 13.9. The zero-order valence-corrected chi connectivity index (χ0v) is 17.1. The molecule has 0 radical (unpaired) electrons. The number of ether oxygens (including phenoxy) is 2. The standard InChI is InChI=1S/C20H24N2O6S/c1-21(13-15-14-26-16-7-3-4-8-17(16)27-15)20(23)18-9-10-19(28-18)29(24,25)22-11-5-2-6-12-22/h3-4,7-10,15H,2,5-6,11-14H2,1H3. The number of para-hydroxylation sites is 2. The van der Waals surface area contributed by atoms with Crippen molar-refractivity contribution in [1.82, 2.24) is 9.21 Å². The van der Waals surface area contributed by atoms with Gasteiger partial charge in [0, 0.05) is 20.1 Å². The number of rotatable bonds is 5. The van der Waals surface area contributed by atoms with Crippen molar-refractivity contribution in [3.05, 3.63) is 42.2 Å². The molecule has 0 bridgehead atoms. The Morgan fingerprint density at radius 3 is 2.59 bits per heavy atom. The molecule has 4 rings (SSSR count). The molecule has 1 unspecified atom stereocenters. The highest BCUT2D eigenvalue weighted by molar-refractivity contribution is 7.89. The lowest BCUT2D eigenvalue weighted by atomic mass is 10.2. The zero-order valence-electron chi connectivity index (χ0n) is 16.2. The first kappa shape index (κ1) is 19.8. The number of amides is 1. The molecule has 2 aliphatic heterocycles. The summed E-state index contributed by atoms with van der Waals surface area (Å²) in [7, 11) is -2.09. The van der Waals surface area contributed by atoms with E-state index in [0.29, 0.717) is 31.2 Å². The quantitative estimate of drug-likeness (QED) is 0.738. The van der Waals surface area contributed by atoms with Gasteiger partial charge in [-0.25, -0.2) is 8.42 Å². The maximum absolute atomic E-state index is 12.7. The second-order valence-corrected chi connectivity index (χ2v) is 9.14. The van der Waals surface area contributed by atoms with E-state index >= 15 is 0 Å². The van der Waals surface area contributed by atoms with Crippen LogP contribution in [-0.4, -0.2) is 62.9 Å². The number of nitrogens with zero attached hydrogens (tertiary/aromatic N) is 2. The Hall–Kier alpha value is -2.52. The maximum atomic E-state index is 12.7. The summed E-state index contributed by atoms with van der Waals surface area (Å²) < 4.78 is 43.8. The fourth-order valence-electron chi connectivity index (χ4n) is 3.54. The monoisotopic (exact) mass is 420 g/mol. The van der Waals surface area contributed by atoms with Gasteiger partial charge in [-0.3, -0.25) is 4.79 Å². The van der Waals surface area contributed by atoms with E-state index in [1.807, 2.05) is 24.3 Å². The van der Waals surface area contributed by atoms with Crippen LogP contribution in [0.2, 0.25) is 0 Å². The van der Waals surface area contributed by atoms with E-state index in [0.717, 1.165) is 19.3 Å². The van der Waals surface area contributed by atoms with Crippen molar-refractivity contribution in [2.75, 3.05) is 33.3 Å². The summed E-state index contributed by atoms with van der Waals surface area (Å²) in [6.45, 7) is 1.56. The molecule has 1 saturated heterocycles. The lowest BCUT2D eigenvalue weighted by Gasteiger charge is -2.29. The smallest absolute Gasteiger partial charge is 0.289 e. The molecule has 0 saturated carbocycles. The summed E-state index contributed by atoms with van der Waals surface area (Å²) in [5, 5.41) is -0.192. The van der Waals surface area contributed by atoms with E-state index in [1.165, 1.54) is 21.3 Å². The predicted molar refractivity (Wildman–Crippen MR) is 105 cm³/mol. The fourth-order valence-corrected chi connectivity index (χ4v) is 4.96. The number of likely N-dealkylation sites (N-methyl/N-ethyl adjacent to an activating group) is 1. The number of carbonyl (C=O) groups is 1. The van der Waals surface area contributed by atoms with Crippen LogP contribution in [0.3, 0.4) is 0 Å². The SMILES string of the molecule is CN(CC1COc2ccccc2O1)C(=O)c1ccc(S(=O)(=O)N2CCCCC2)o1. The van der Waals surface area contributed by atoms with Gasteiger partial charge in [0.15, 0.2) is 23.4 Å². The third-order valence-electron chi connectivity index (χ3n) is 5.09. The summed E-state index contributed by atoms with van der Waals surface area (Å²) in [6.07, 6.45) is 2.36. The number of piperidine rings is 1. The van der Waals surface area contributed by atoms with Gasteiger partial charge in [-0.05, 0) is 37.1 Å². The number of carbonyl (C=O) groups excluding carboxylic acids is 1. The Kier molecular flexibility index (Phi) is 5.51. The van der Waals surface area contributed by atoms with Gasteiger partial charge in [0.1, 0.15) is 6.61 Å². The van der Waals surface area contributed by atoms with Gasteiger partial charge in [-0.1, -0.05) is 18.6 Å². The normalized spacial score (nSPS) is 19.7. The van der Waals surface area contributed by atoms with E-state index in [9.17, 15) is 13.2 Å². The van der Waals surface area contributed by atoms with Crippen molar-refractivity contribution < 1.29 is 27.1 Å². The summed E-state index contributed by atoms with van der Waals surface area (Å²) in [4.78, 5) is 14.2. The second kappa shape index (κ2) is 8.08. The Bertz CT molecular complexity index is 980. The minimum Gasteiger partial charge on any atom is -0.486 e. The number of furan rings is 1. The molecule has 1 atom stereocenters. The van der Waals surface area contributed by atoms with Crippen molar-refractivity contribution in [2.45, 2.75) is 30.5 Å². The highest BCUT2D eigenvalue weighted by Crippen LogP contribution is 2.31. The van der Waals surface area contributed by atoms with Crippen LogP contribution in [0.5, 0.6) is 11.5 Å². The van der Waals surface area contributed by atoms with E-state index in [1.54, 1.807) is 7.05 Å². The molecule has 0 spiro atoms. The lowest BCUT2D eigenvalue weighted by Crippen LogP contribution is -2.41. The predicted octanol–water partition coefficient (Wildman–Crippen LogP) is 2.37. The summed E-state index contributed by atoms with van der Waals surface area (Å²) in [5.41, 5.74) is 0. The first-order valence-corrected chi connectivity index (χ1v) is 11.1. The molecule has 1 amide bonds. The van der Waals surface area contributed by atoms with Crippen molar-refractivity contribution in [2.24, 2.45) is 0 Å². The fraction of sp³-hybridized carbons (Fsp3) is 0.450. The molecule has 3 heterocycles. The third kappa shape index (κ3) is 4.11. The first-order valence-electron chi connectivity index (χ1n) is 9.69. The molecule has 156 valence electrons. The lowest BCUT2D eigenvalue weighted by molar-refractivity contribution is 0.0498. The number of hydrogen-bond donors (Lipinski definition) is 0. The van der Waals surface area contributed by atoms with E-state index in [4.69, 9.17) is 13.9 Å². The Labute approximate surface area is 170 Å². The molecule has 0 N–H and O–H groups in total. The number of benzene rings is 1. The summed E-state index contributed by atoms with van der Waals surface area (Å²) in [6, 6.07) is 10.1. The van der Waals surface area contributed by atoms with Crippen LogP contribution in [0.15, 0.2) is 45.9 Å². The minimum atomic E-state index is -3.71. The van der Waals surface area contributed by atoms with Gasteiger partial charge in [-0.15, -0.1) is 0 Å². The Morgan fingerprint density at radius 2 is 1.83 bits per heavy atom.